The number of rotatable bonds is 7. The smallest absolute Gasteiger partial charge is 0.262 e. The van der Waals surface area contributed by atoms with Crippen LogP contribution in [0.3, 0.4) is 0 Å². The predicted octanol–water partition coefficient (Wildman–Crippen LogP) is 5.22. The van der Waals surface area contributed by atoms with Crippen molar-refractivity contribution in [3.05, 3.63) is 89.0 Å². The summed E-state index contributed by atoms with van der Waals surface area (Å²) in [6, 6.07) is 22.1. The van der Waals surface area contributed by atoms with Crippen molar-refractivity contribution in [3.63, 3.8) is 0 Å². The number of carbonyl (C=O) groups excluding carboxylic acids is 1. The van der Waals surface area contributed by atoms with Gasteiger partial charge in [0.25, 0.3) is 5.91 Å². The predicted molar refractivity (Wildman–Crippen MR) is 131 cm³/mol. The van der Waals surface area contributed by atoms with Crippen LogP contribution in [0.5, 0.6) is 11.5 Å². The zero-order valence-corrected chi connectivity index (χ0v) is 19.0. The van der Waals surface area contributed by atoms with E-state index in [1.54, 1.807) is 17.4 Å². The zero-order chi connectivity index (χ0) is 23.2. The number of carbonyl (C=O) groups is 1. The van der Waals surface area contributed by atoms with Crippen LogP contribution in [0.4, 0.5) is 0 Å². The second kappa shape index (κ2) is 10.2. The third-order valence-corrected chi connectivity index (χ3v) is 7.02. The molecule has 1 heterocycles. The number of phenols is 2. The van der Waals surface area contributed by atoms with Crippen LogP contribution in [0.1, 0.15) is 16.7 Å². The Labute approximate surface area is 198 Å². The van der Waals surface area contributed by atoms with E-state index < -0.39 is 5.91 Å². The number of fused-ring (bicyclic) bond motifs is 1. The van der Waals surface area contributed by atoms with Crippen LogP contribution in [-0.4, -0.2) is 21.1 Å². The number of para-hydroxylation sites is 1. The van der Waals surface area contributed by atoms with Crippen molar-refractivity contribution in [1.29, 1.82) is 5.26 Å². The van der Waals surface area contributed by atoms with Crippen molar-refractivity contribution in [1.82, 2.24) is 10.3 Å². The van der Waals surface area contributed by atoms with Crippen LogP contribution in [0.2, 0.25) is 0 Å². The molecule has 0 aliphatic rings. The molecule has 0 unspecified atom stereocenters. The normalized spacial score (nSPS) is 11.3. The van der Waals surface area contributed by atoms with Gasteiger partial charge in [0.15, 0.2) is 15.8 Å². The van der Waals surface area contributed by atoms with Crippen molar-refractivity contribution >= 4 is 45.3 Å². The first kappa shape index (κ1) is 22.4. The van der Waals surface area contributed by atoms with Gasteiger partial charge in [-0.15, -0.1) is 11.3 Å². The average Bonchev–Trinajstić information content (AvgIpc) is 3.26. The SMILES string of the molecule is N#C/C(=C\c1cc(O)c(O)c(CSc2nc3ccccc3s2)c1)C(=O)NCc1ccccc1. The van der Waals surface area contributed by atoms with E-state index in [-0.39, 0.29) is 17.1 Å². The van der Waals surface area contributed by atoms with Gasteiger partial charge in [0.2, 0.25) is 0 Å². The number of nitriles is 1. The topological polar surface area (TPSA) is 106 Å². The lowest BCUT2D eigenvalue weighted by Gasteiger charge is -2.08. The Kier molecular flexibility index (Phi) is 6.93. The maximum Gasteiger partial charge on any atom is 0.262 e. The van der Waals surface area contributed by atoms with Crippen LogP contribution in [0.25, 0.3) is 16.3 Å². The lowest BCUT2D eigenvalue weighted by atomic mass is 10.1. The highest BCUT2D eigenvalue weighted by Crippen LogP contribution is 2.37. The second-order valence-corrected chi connectivity index (χ2v) is 9.38. The summed E-state index contributed by atoms with van der Waals surface area (Å²) in [5, 5.41) is 32.7. The molecule has 3 aromatic carbocycles. The minimum Gasteiger partial charge on any atom is -0.504 e. The molecule has 164 valence electrons. The van der Waals surface area contributed by atoms with Crippen molar-refractivity contribution in [2.24, 2.45) is 0 Å². The van der Waals surface area contributed by atoms with Gasteiger partial charge < -0.3 is 15.5 Å². The molecule has 1 amide bonds. The molecule has 0 spiro atoms. The number of hydrogen-bond donors (Lipinski definition) is 3. The first-order valence-corrected chi connectivity index (χ1v) is 11.8. The molecule has 6 nitrogen and oxygen atoms in total. The third-order valence-electron chi connectivity index (χ3n) is 4.79. The lowest BCUT2D eigenvalue weighted by Crippen LogP contribution is -2.23. The molecule has 4 rings (SSSR count). The highest BCUT2D eigenvalue weighted by molar-refractivity contribution is 8.00. The molecule has 0 atom stereocenters. The van der Waals surface area contributed by atoms with Gasteiger partial charge in [-0.2, -0.15) is 5.26 Å². The number of aromatic nitrogens is 1. The van der Waals surface area contributed by atoms with Crippen LogP contribution in [-0.2, 0) is 17.1 Å². The number of amides is 1. The summed E-state index contributed by atoms with van der Waals surface area (Å²) in [6.45, 7) is 0.295. The fourth-order valence-corrected chi connectivity index (χ4v) is 5.18. The zero-order valence-electron chi connectivity index (χ0n) is 17.4. The molecule has 0 fully saturated rings. The Morgan fingerprint density at radius 2 is 1.88 bits per heavy atom. The van der Waals surface area contributed by atoms with E-state index in [2.05, 4.69) is 10.3 Å². The lowest BCUT2D eigenvalue weighted by molar-refractivity contribution is -0.117. The summed E-state index contributed by atoms with van der Waals surface area (Å²) in [6.07, 6.45) is 1.39. The molecule has 33 heavy (non-hydrogen) atoms. The van der Waals surface area contributed by atoms with Gasteiger partial charge in [-0.05, 0) is 41.5 Å². The molecule has 0 radical (unpaired) electrons. The van der Waals surface area contributed by atoms with Gasteiger partial charge in [0.05, 0.1) is 10.2 Å². The molecule has 0 saturated carbocycles. The van der Waals surface area contributed by atoms with E-state index in [1.807, 2.05) is 60.7 Å². The van der Waals surface area contributed by atoms with E-state index in [0.29, 0.717) is 23.4 Å². The number of thioether (sulfide) groups is 1. The number of aromatic hydroxyl groups is 2. The number of hydrogen-bond acceptors (Lipinski definition) is 7. The standard InChI is InChI=1S/C25H19N3O3S2/c26-13-18(24(31)27-14-16-6-2-1-3-7-16)10-17-11-19(23(30)21(29)12-17)15-32-25-28-20-8-4-5-9-22(20)33-25/h1-12,29-30H,14-15H2,(H,27,31)/b18-10+. The molecular formula is C25H19N3O3S2. The minimum absolute atomic E-state index is 0.0965. The summed E-state index contributed by atoms with van der Waals surface area (Å²) >= 11 is 2.99. The van der Waals surface area contributed by atoms with Crippen molar-refractivity contribution in [2.45, 2.75) is 16.6 Å². The maximum atomic E-state index is 12.5. The Morgan fingerprint density at radius 1 is 1.12 bits per heavy atom. The minimum atomic E-state index is -0.515. The van der Waals surface area contributed by atoms with Crippen LogP contribution in [0, 0.1) is 11.3 Å². The molecule has 4 aromatic rings. The Bertz CT molecular complexity index is 1340. The molecular weight excluding hydrogens is 454 g/mol. The van der Waals surface area contributed by atoms with E-state index in [0.717, 1.165) is 20.1 Å². The largest absolute Gasteiger partial charge is 0.504 e. The van der Waals surface area contributed by atoms with Crippen LogP contribution < -0.4 is 5.32 Å². The van der Waals surface area contributed by atoms with E-state index >= 15 is 0 Å². The summed E-state index contributed by atoms with van der Waals surface area (Å²) in [5.41, 5.74) is 2.65. The van der Waals surface area contributed by atoms with E-state index in [9.17, 15) is 20.3 Å². The summed E-state index contributed by atoms with van der Waals surface area (Å²) in [4.78, 5) is 17.0. The number of phenolic OH excluding ortho intramolecular Hbond substituents is 2. The average molecular weight is 474 g/mol. The van der Waals surface area contributed by atoms with Gasteiger partial charge >= 0.3 is 0 Å². The summed E-state index contributed by atoms with van der Waals surface area (Å²) in [5.74, 6) is -0.694. The molecule has 8 heteroatoms. The molecule has 1 aromatic heterocycles. The van der Waals surface area contributed by atoms with Crippen molar-refractivity contribution in [3.8, 4) is 17.6 Å². The van der Waals surface area contributed by atoms with Crippen LogP contribution >= 0.6 is 23.1 Å². The number of thiazole rings is 1. The summed E-state index contributed by atoms with van der Waals surface area (Å²) < 4.78 is 1.91. The van der Waals surface area contributed by atoms with Crippen molar-refractivity contribution < 1.29 is 15.0 Å². The first-order chi connectivity index (χ1) is 16.0. The fraction of sp³-hybridized carbons (Fsp3) is 0.0800. The quantitative estimate of drug-likeness (QED) is 0.147. The number of nitrogens with one attached hydrogen (secondary N) is 1. The Morgan fingerprint density at radius 3 is 2.64 bits per heavy atom. The highest BCUT2D eigenvalue weighted by atomic mass is 32.2. The molecule has 0 aliphatic heterocycles. The summed E-state index contributed by atoms with van der Waals surface area (Å²) in [7, 11) is 0. The highest BCUT2D eigenvalue weighted by Gasteiger charge is 2.14. The van der Waals surface area contributed by atoms with Gasteiger partial charge in [0.1, 0.15) is 11.6 Å². The molecule has 0 saturated heterocycles. The number of benzene rings is 3. The van der Waals surface area contributed by atoms with Crippen molar-refractivity contribution in [2.75, 3.05) is 0 Å². The van der Waals surface area contributed by atoms with Gasteiger partial charge in [-0.25, -0.2) is 4.98 Å². The number of nitrogens with zero attached hydrogens (tertiary/aromatic N) is 2. The first-order valence-electron chi connectivity index (χ1n) is 10.0. The Hall–Kier alpha value is -3.80. The Balaban J connectivity index is 1.50. The third kappa shape index (κ3) is 5.52. The van der Waals surface area contributed by atoms with Gasteiger partial charge in [0, 0.05) is 17.9 Å². The maximum absolute atomic E-state index is 12.5. The fourth-order valence-electron chi connectivity index (χ4n) is 3.14. The van der Waals surface area contributed by atoms with E-state index in [4.69, 9.17) is 0 Å². The molecule has 3 N–H and O–H groups in total. The van der Waals surface area contributed by atoms with Gasteiger partial charge in [-0.3, -0.25) is 4.79 Å². The molecule has 0 bridgehead atoms. The second-order valence-electron chi connectivity index (χ2n) is 7.12. The monoisotopic (exact) mass is 473 g/mol. The van der Waals surface area contributed by atoms with Crippen LogP contribution in [0.15, 0.2) is 76.6 Å². The van der Waals surface area contributed by atoms with Gasteiger partial charge in [-0.1, -0.05) is 54.2 Å². The van der Waals surface area contributed by atoms with E-state index in [1.165, 1.54) is 23.9 Å². The molecule has 0 aliphatic carbocycles.